The van der Waals surface area contributed by atoms with Gasteiger partial charge in [0, 0.05) is 24.3 Å². The lowest BCUT2D eigenvalue weighted by Crippen LogP contribution is -2.28. The van der Waals surface area contributed by atoms with Crippen LogP contribution in [0.15, 0.2) is 121 Å². The molecule has 5 aromatic rings. The largest absolute Gasteiger partial charge is 0.494 e. The molecule has 2 aliphatic rings. The zero-order valence-electron chi connectivity index (χ0n) is 48.7. The van der Waals surface area contributed by atoms with Gasteiger partial charge in [-0.3, -0.25) is 15.3 Å². The fraction of sp³-hybridized carbons (Fsp3) is 0.500. The Labute approximate surface area is 498 Å². The first-order valence-electron chi connectivity index (χ1n) is 30.1. The molecule has 2 fully saturated rings. The van der Waals surface area contributed by atoms with E-state index in [0.717, 1.165) is 122 Å². The third-order valence-corrected chi connectivity index (χ3v) is 16.7. The van der Waals surface area contributed by atoms with Crippen LogP contribution in [0.1, 0.15) is 164 Å². The number of hydrogen-bond acceptors (Lipinski definition) is 18. The van der Waals surface area contributed by atoms with Crippen LogP contribution in [-0.4, -0.2) is 79.2 Å². The number of rotatable bonds is 38. The molecular weight excluding hydrogens is 1090 g/mol. The number of thiazole rings is 1. The molecule has 0 amide bonds. The minimum Gasteiger partial charge on any atom is -0.494 e. The fourth-order valence-electron chi connectivity index (χ4n) is 10.8. The van der Waals surface area contributed by atoms with Crippen LogP contribution in [0, 0.1) is 23.7 Å². The molecule has 4 aromatic carbocycles. The van der Waals surface area contributed by atoms with E-state index >= 15 is 0 Å². The molecule has 0 bridgehead atoms. The Morgan fingerprint density at radius 1 is 0.655 bits per heavy atom. The molecule has 0 saturated heterocycles. The Morgan fingerprint density at radius 2 is 1.21 bits per heavy atom. The second-order valence-electron chi connectivity index (χ2n) is 21.7. The molecule has 2 aliphatic carbocycles. The maximum absolute atomic E-state index is 13.9. The van der Waals surface area contributed by atoms with Crippen LogP contribution in [0.3, 0.4) is 0 Å². The number of fused-ring (bicyclic) bond motifs is 1. The van der Waals surface area contributed by atoms with Crippen molar-refractivity contribution in [3.05, 3.63) is 133 Å². The van der Waals surface area contributed by atoms with E-state index in [1.54, 1.807) is 23.6 Å². The summed E-state index contributed by atoms with van der Waals surface area (Å²) in [6, 6.07) is 28.4. The standard InChI is InChI=1S/C66H85N3O14S/c1-4-7-8-15-40-69(66-68-59-20-13-14-21-60(59)84-66)67-46-53-45-57(80-65(72)52-24-22-48(23-25-52)47-79-83-56-36-34-55(35-37-56)76-42-17-10-12-19-44-78-62(71)6-3)38-39-58(53)64(82-74)51-28-26-49(27-29-51)63(81-73)50-30-32-54(33-31-50)75-41-16-9-11-18-43-77-61(70)5-2/h5-6,13-14,20-21,30-39,45-46,48-49,51-52,63-64,73-74H,2-4,7-12,15-19,22-29,40-44,47H2,1H3/b67-46+/t48?,49?,51?,52?,63-,64?/m0/s1. The van der Waals surface area contributed by atoms with Gasteiger partial charge in [0.15, 0.2) is 5.75 Å². The van der Waals surface area contributed by atoms with Crippen LogP contribution in [0.4, 0.5) is 5.13 Å². The number of aromatic nitrogens is 1. The second kappa shape index (κ2) is 36.2. The van der Waals surface area contributed by atoms with Gasteiger partial charge in [-0.05, 0) is 199 Å². The highest BCUT2D eigenvalue weighted by molar-refractivity contribution is 7.22. The number of carbonyl (C=O) groups is 3. The van der Waals surface area contributed by atoms with Crippen molar-refractivity contribution in [1.82, 2.24) is 4.98 Å². The summed E-state index contributed by atoms with van der Waals surface area (Å²) in [5.74, 6) is 1.16. The van der Waals surface area contributed by atoms with Gasteiger partial charge in [0.1, 0.15) is 29.5 Å². The van der Waals surface area contributed by atoms with Crippen molar-refractivity contribution in [3.8, 4) is 23.0 Å². The fourth-order valence-corrected chi connectivity index (χ4v) is 11.8. The van der Waals surface area contributed by atoms with E-state index in [0.29, 0.717) is 101 Å². The molecule has 1 aromatic heterocycles. The Balaban J connectivity index is 0.936. The summed E-state index contributed by atoms with van der Waals surface area (Å²) in [6.07, 6.45) is 19.8. The summed E-state index contributed by atoms with van der Waals surface area (Å²) < 4.78 is 29.1. The van der Waals surface area contributed by atoms with Crippen molar-refractivity contribution in [3.63, 3.8) is 0 Å². The molecule has 7 rings (SSSR count). The lowest BCUT2D eigenvalue weighted by atomic mass is 9.74. The average molecular weight is 1180 g/mol. The predicted octanol–water partition coefficient (Wildman–Crippen LogP) is 15.3. The van der Waals surface area contributed by atoms with Crippen LogP contribution >= 0.6 is 11.3 Å². The summed E-state index contributed by atoms with van der Waals surface area (Å²) in [5.41, 5.74) is 3.09. The summed E-state index contributed by atoms with van der Waals surface area (Å²) in [4.78, 5) is 63.1. The second-order valence-corrected chi connectivity index (χ2v) is 22.7. The van der Waals surface area contributed by atoms with E-state index in [1.807, 2.05) is 83.9 Å². The van der Waals surface area contributed by atoms with Crippen molar-refractivity contribution in [2.45, 2.75) is 148 Å². The van der Waals surface area contributed by atoms with Crippen LogP contribution in [0.2, 0.25) is 0 Å². The minimum absolute atomic E-state index is 0.00434. The van der Waals surface area contributed by atoms with E-state index in [-0.39, 0.29) is 29.6 Å². The van der Waals surface area contributed by atoms with E-state index in [2.05, 4.69) is 26.1 Å². The summed E-state index contributed by atoms with van der Waals surface area (Å²) in [7, 11) is 0. The third-order valence-electron chi connectivity index (χ3n) is 15.7. The zero-order chi connectivity index (χ0) is 59.1. The number of esters is 3. The Kier molecular flexibility index (Phi) is 28.0. The number of anilines is 1. The summed E-state index contributed by atoms with van der Waals surface area (Å²) in [6.45, 7) is 12.0. The normalized spacial score (nSPS) is 17.7. The van der Waals surface area contributed by atoms with E-state index < -0.39 is 24.1 Å². The molecule has 2 saturated carbocycles. The molecule has 0 spiro atoms. The molecule has 1 unspecified atom stereocenters. The Hall–Kier alpha value is -6.67. The number of hydrogen-bond donors (Lipinski definition) is 2. The molecule has 17 nitrogen and oxygen atoms in total. The first-order chi connectivity index (χ1) is 41.2. The lowest BCUT2D eigenvalue weighted by molar-refractivity contribution is -0.305. The minimum atomic E-state index is -0.728. The molecule has 0 radical (unpaired) electrons. The zero-order valence-corrected chi connectivity index (χ0v) is 49.5. The van der Waals surface area contributed by atoms with Gasteiger partial charge in [-0.15, -0.1) is 0 Å². The van der Waals surface area contributed by atoms with Gasteiger partial charge in [0.2, 0.25) is 5.13 Å². The Bertz CT molecular complexity index is 2760. The monoisotopic (exact) mass is 1180 g/mol. The quantitative estimate of drug-likeness (QED) is 0.00717. The van der Waals surface area contributed by atoms with E-state index in [4.69, 9.17) is 53.3 Å². The van der Waals surface area contributed by atoms with Crippen LogP contribution < -0.4 is 24.1 Å². The lowest BCUT2D eigenvalue weighted by Gasteiger charge is -2.35. The molecule has 0 aliphatic heterocycles. The number of hydrazone groups is 1. The van der Waals surface area contributed by atoms with Crippen molar-refractivity contribution in [1.29, 1.82) is 0 Å². The smallest absolute Gasteiger partial charge is 0.330 e. The first kappa shape index (κ1) is 64.9. The molecule has 454 valence electrons. The molecule has 18 heteroatoms. The maximum Gasteiger partial charge on any atom is 0.330 e. The highest BCUT2D eigenvalue weighted by Gasteiger charge is 2.36. The maximum atomic E-state index is 13.9. The number of para-hydroxylation sites is 1. The molecule has 2 atom stereocenters. The average Bonchev–Trinajstić information content (AvgIpc) is 4.10. The van der Waals surface area contributed by atoms with Crippen molar-refractivity contribution >= 4 is 50.8 Å². The number of benzene rings is 4. The van der Waals surface area contributed by atoms with Gasteiger partial charge in [-0.1, -0.05) is 81.0 Å². The van der Waals surface area contributed by atoms with Crippen LogP contribution in [0.5, 0.6) is 23.0 Å². The molecular formula is C66H85N3O14S. The van der Waals surface area contributed by atoms with Gasteiger partial charge in [-0.25, -0.2) is 29.4 Å². The van der Waals surface area contributed by atoms with Crippen LogP contribution in [-0.2, 0) is 38.5 Å². The summed E-state index contributed by atoms with van der Waals surface area (Å²) in [5, 5.41) is 28.8. The van der Waals surface area contributed by atoms with Gasteiger partial charge < -0.3 is 28.6 Å². The van der Waals surface area contributed by atoms with Crippen molar-refractivity contribution in [2.75, 3.05) is 44.6 Å². The summed E-state index contributed by atoms with van der Waals surface area (Å²) >= 11 is 1.58. The highest BCUT2D eigenvalue weighted by Crippen LogP contribution is 2.45. The van der Waals surface area contributed by atoms with Gasteiger partial charge in [0.05, 0.1) is 55.4 Å². The van der Waals surface area contributed by atoms with Crippen LogP contribution in [0.25, 0.3) is 10.2 Å². The highest BCUT2D eigenvalue weighted by atomic mass is 32.1. The SMILES string of the molecule is C=CC(=O)OCCCCCCOc1ccc(OOCC2CCC(C(=O)Oc3ccc(C(OO)C4CCC([C@H](OO)c5ccc(OCCCCCCOC(=O)C=C)cc5)CC4)c(/C=N/N(CCCCCC)c4nc5ccccc5s4)c3)CC2)cc1. The van der Waals surface area contributed by atoms with Gasteiger partial charge in [-0.2, -0.15) is 9.99 Å². The van der Waals surface area contributed by atoms with Crippen molar-refractivity contribution in [2.24, 2.45) is 28.8 Å². The predicted molar refractivity (Wildman–Crippen MR) is 324 cm³/mol. The number of unbranched alkanes of at least 4 members (excludes halogenated alkanes) is 9. The third kappa shape index (κ3) is 21.1. The first-order valence-corrected chi connectivity index (χ1v) is 31.0. The number of nitrogens with zero attached hydrogens (tertiary/aromatic N) is 3. The van der Waals surface area contributed by atoms with Gasteiger partial charge in [0.25, 0.3) is 0 Å². The number of ether oxygens (including phenoxy) is 5. The van der Waals surface area contributed by atoms with E-state index in [9.17, 15) is 24.9 Å². The van der Waals surface area contributed by atoms with E-state index in [1.165, 1.54) is 12.2 Å². The molecule has 2 N–H and O–H groups in total. The van der Waals surface area contributed by atoms with Crippen molar-refractivity contribution < 1.29 is 68.1 Å². The van der Waals surface area contributed by atoms with Gasteiger partial charge >= 0.3 is 17.9 Å². The topological polar surface area (TPSA) is 203 Å². The molecule has 84 heavy (non-hydrogen) atoms. The molecule has 1 heterocycles. The number of carbonyl (C=O) groups excluding carboxylic acids is 3. The Morgan fingerprint density at radius 3 is 1.81 bits per heavy atom.